The molecule has 0 fully saturated rings. The number of ketones is 1. The summed E-state index contributed by atoms with van der Waals surface area (Å²) in [5.74, 6) is -4.32. The summed E-state index contributed by atoms with van der Waals surface area (Å²) in [6.45, 7) is 2.92. The fourth-order valence-corrected chi connectivity index (χ4v) is 0.954. The molecule has 15 heavy (non-hydrogen) atoms. The first-order chi connectivity index (χ1) is 6.87. The van der Waals surface area contributed by atoms with Crippen LogP contribution in [-0.4, -0.2) is 24.3 Å². The van der Waals surface area contributed by atoms with Crippen molar-refractivity contribution in [3.05, 3.63) is 12.2 Å². The van der Waals surface area contributed by atoms with Crippen molar-refractivity contribution in [1.82, 2.24) is 0 Å². The topological polar surface area (TPSA) is 43.4 Å². The number of carbonyl (C=O) groups excluding carboxylic acids is 2. The summed E-state index contributed by atoms with van der Waals surface area (Å²) in [6, 6.07) is 0. The summed E-state index contributed by atoms with van der Waals surface area (Å²) in [4.78, 5) is 21.2. The standard InChI is InChI=1S/C10H14F2O3/c1-3-15-9(14)5-4-6-10(11,12)7-8(2)13/h4-5H,3,6-7H2,1-2H3/b5-4+. The first kappa shape index (κ1) is 13.7. The first-order valence-corrected chi connectivity index (χ1v) is 4.58. The summed E-state index contributed by atoms with van der Waals surface area (Å²) >= 11 is 0. The monoisotopic (exact) mass is 220 g/mol. The van der Waals surface area contributed by atoms with E-state index < -0.39 is 30.5 Å². The van der Waals surface area contributed by atoms with Gasteiger partial charge >= 0.3 is 5.97 Å². The Morgan fingerprint density at radius 2 is 2.00 bits per heavy atom. The minimum atomic E-state index is -3.09. The molecule has 0 rings (SSSR count). The van der Waals surface area contributed by atoms with Crippen LogP contribution in [0.2, 0.25) is 0 Å². The Morgan fingerprint density at radius 1 is 1.40 bits per heavy atom. The number of hydrogen-bond acceptors (Lipinski definition) is 3. The SMILES string of the molecule is CCOC(=O)/C=C/CC(F)(F)CC(C)=O. The van der Waals surface area contributed by atoms with Crippen molar-refractivity contribution in [2.24, 2.45) is 0 Å². The number of hydrogen-bond donors (Lipinski definition) is 0. The zero-order valence-electron chi connectivity index (χ0n) is 8.76. The van der Waals surface area contributed by atoms with Crippen molar-refractivity contribution in [1.29, 1.82) is 0 Å². The van der Waals surface area contributed by atoms with Crippen LogP contribution in [0, 0.1) is 0 Å². The highest BCUT2D eigenvalue weighted by Gasteiger charge is 2.28. The number of alkyl halides is 2. The third-order valence-electron chi connectivity index (χ3n) is 1.46. The van der Waals surface area contributed by atoms with E-state index in [1.807, 2.05) is 0 Å². The van der Waals surface area contributed by atoms with E-state index in [2.05, 4.69) is 4.74 Å². The second kappa shape index (κ2) is 6.27. The molecule has 0 aliphatic rings. The molecule has 0 aromatic heterocycles. The van der Waals surface area contributed by atoms with E-state index in [-0.39, 0.29) is 6.61 Å². The Labute approximate surface area is 87.1 Å². The maximum atomic E-state index is 12.9. The van der Waals surface area contributed by atoms with Crippen molar-refractivity contribution in [2.75, 3.05) is 6.61 Å². The van der Waals surface area contributed by atoms with E-state index >= 15 is 0 Å². The van der Waals surface area contributed by atoms with Crippen molar-refractivity contribution >= 4 is 11.8 Å². The van der Waals surface area contributed by atoms with Gasteiger partial charge in [0.25, 0.3) is 5.92 Å². The smallest absolute Gasteiger partial charge is 0.330 e. The first-order valence-electron chi connectivity index (χ1n) is 4.58. The fraction of sp³-hybridized carbons (Fsp3) is 0.600. The molecule has 3 nitrogen and oxygen atoms in total. The number of esters is 1. The van der Waals surface area contributed by atoms with Gasteiger partial charge in [0, 0.05) is 12.5 Å². The van der Waals surface area contributed by atoms with Gasteiger partial charge in [0.05, 0.1) is 13.0 Å². The summed E-state index contributed by atoms with van der Waals surface area (Å²) in [5, 5.41) is 0. The number of carbonyl (C=O) groups is 2. The largest absolute Gasteiger partial charge is 0.463 e. The van der Waals surface area contributed by atoms with E-state index in [4.69, 9.17) is 0 Å². The van der Waals surface area contributed by atoms with Crippen molar-refractivity contribution in [3.8, 4) is 0 Å². The molecule has 0 aromatic rings. The van der Waals surface area contributed by atoms with Gasteiger partial charge < -0.3 is 4.74 Å². The van der Waals surface area contributed by atoms with E-state index in [1.165, 1.54) is 0 Å². The lowest BCUT2D eigenvalue weighted by Gasteiger charge is -2.11. The Bertz CT molecular complexity index is 259. The Balaban J connectivity index is 4.02. The molecular formula is C10H14F2O3. The van der Waals surface area contributed by atoms with Gasteiger partial charge in [-0.1, -0.05) is 6.08 Å². The molecule has 0 unspecified atom stereocenters. The highest BCUT2D eigenvalue weighted by molar-refractivity contribution is 5.81. The summed E-state index contributed by atoms with van der Waals surface area (Å²) in [7, 11) is 0. The lowest BCUT2D eigenvalue weighted by Crippen LogP contribution is -2.18. The molecule has 86 valence electrons. The summed E-state index contributed by atoms with van der Waals surface area (Å²) < 4.78 is 30.3. The van der Waals surface area contributed by atoms with Crippen molar-refractivity contribution < 1.29 is 23.1 Å². The average molecular weight is 220 g/mol. The number of halogens is 2. The molecule has 0 atom stereocenters. The van der Waals surface area contributed by atoms with Gasteiger partial charge in [0.1, 0.15) is 5.78 Å². The lowest BCUT2D eigenvalue weighted by atomic mass is 10.1. The highest BCUT2D eigenvalue weighted by atomic mass is 19.3. The van der Waals surface area contributed by atoms with Crippen molar-refractivity contribution in [2.45, 2.75) is 32.6 Å². The quantitative estimate of drug-likeness (QED) is 0.508. The Morgan fingerprint density at radius 3 is 2.47 bits per heavy atom. The highest BCUT2D eigenvalue weighted by Crippen LogP contribution is 2.23. The summed E-state index contributed by atoms with van der Waals surface area (Å²) in [6.07, 6.45) is 0.518. The van der Waals surface area contributed by atoms with E-state index in [0.29, 0.717) is 0 Å². The molecular weight excluding hydrogens is 206 g/mol. The minimum absolute atomic E-state index is 0.201. The van der Waals surface area contributed by atoms with Crippen LogP contribution < -0.4 is 0 Å². The van der Waals surface area contributed by atoms with Crippen molar-refractivity contribution in [3.63, 3.8) is 0 Å². The molecule has 0 aromatic carbocycles. The van der Waals surface area contributed by atoms with Gasteiger partial charge in [0.15, 0.2) is 0 Å². The third kappa shape index (κ3) is 7.78. The third-order valence-corrected chi connectivity index (χ3v) is 1.46. The molecule has 0 amide bonds. The van der Waals surface area contributed by atoms with E-state index in [1.54, 1.807) is 6.92 Å². The molecule has 0 bridgehead atoms. The van der Waals surface area contributed by atoms with Crippen LogP contribution in [0.1, 0.15) is 26.7 Å². The molecule has 0 N–H and O–H groups in total. The fourth-order valence-electron chi connectivity index (χ4n) is 0.954. The predicted octanol–water partition coefficient (Wildman–Crippen LogP) is 2.11. The number of Topliss-reactive ketones (excluding diaryl/α,β-unsaturated/α-hetero) is 1. The molecule has 0 saturated heterocycles. The van der Waals surface area contributed by atoms with Crippen LogP contribution in [0.3, 0.4) is 0 Å². The van der Waals surface area contributed by atoms with Crippen LogP contribution in [-0.2, 0) is 14.3 Å². The minimum Gasteiger partial charge on any atom is -0.463 e. The lowest BCUT2D eigenvalue weighted by molar-refractivity contribution is -0.137. The van der Waals surface area contributed by atoms with Crippen LogP contribution in [0.25, 0.3) is 0 Å². The van der Waals surface area contributed by atoms with Gasteiger partial charge in [-0.15, -0.1) is 0 Å². The Kier molecular flexibility index (Phi) is 5.74. The van der Waals surface area contributed by atoms with Crippen LogP contribution in [0.15, 0.2) is 12.2 Å². The summed E-state index contributed by atoms with van der Waals surface area (Å²) in [5.41, 5.74) is 0. The Hall–Kier alpha value is -1.26. The molecule has 0 saturated carbocycles. The number of allylic oxidation sites excluding steroid dienone is 1. The molecule has 0 aliphatic heterocycles. The molecule has 0 radical (unpaired) electrons. The van der Waals surface area contributed by atoms with Gasteiger partial charge in [-0.05, 0) is 13.8 Å². The van der Waals surface area contributed by atoms with Crippen LogP contribution >= 0.6 is 0 Å². The van der Waals surface area contributed by atoms with Crippen LogP contribution in [0.5, 0.6) is 0 Å². The van der Waals surface area contributed by atoms with Crippen LogP contribution in [0.4, 0.5) is 8.78 Å². The van der Waals surface area contributed by atoms with Gasteiger partial charge in [-0.3, -0.25) is 4.79 Å². The zero-order chi connectivity index (χ0) is 11.9. The van der Waals surface area contributed by atoms with Gasteiger partial charge in [0.2, 0.25) is 0 Å². The second-order valence-electron chi connectivity index (χ2n) is 3.09. The molecule has 0 heterocycles. The predicted molar refractivity (Wildman–Crippen MR) is 50.6 cm³/mol. The maximum absolute atomic E-state index is 12.9. The maximum Gasteiger partial charge on any atom is 0.330 e. The number of ether oxygens (including phenoxy) is 1. The molecule has 0 spiro atoms. The zero-order valence-corrected chi connectivity index (χ0v) is 8.76. The van der Waals surface area contributed by atoms with Gasteiger partial charge in [-0.2, -0.15) is 0 Å². The van der Waals surface area contributed by atoms with E-state index in [0.717, 1.165) is 19.1 Å². The normalized spacial score (nSPS) is 11.7. The second-order valence-corrected chi connectivity index (χ2v) is 3.09. The van der Waals surface area contributed by atoms with Gasteiger partial charge in [-0.25, -0.2) is 13.6 Å². The molecule has 0 aliphatic carbocycles. The average Bonchev–Trinajstić information content (AvgIpc) is 2.01. The van der Waals surface area contributed by atoms with E-state index in [9.17, 15) is 18.4 Å². The number of rotatable bonds is 6. The molecule has 5 heteroatoms.